The van der Waals surface area contributed by atoms with Gasteiger partial charge in [0, 0.05) is 21.7 Å². The van der Waals surface area contributed by atoms with Gasteiger partial charge in [-0.05, 0) is 37.3 Å². The monoisotopic (exact) mass is 342 g/mol. The molecule has 0 aliphatic heterocycles. The summed E-state index contributed by atoms with van der Waals surface area (Å²) >= 11 is 1.57. The van der Waals surface area contributed by atoms with Gasteiger partial charge in [0.2, 0.25) is 0 Å². The summed E-state index contributed by atoms with van der Waals surface area (Å²) in [6.07, 6.45) is 0.925. The molecule has 5 nitrogen and oxygen atoms in total. The lowest BCUT2D eigenvalue weighted by Gasteiger charge is -2.08. The van der Waals surface area contributed by atoms with Crippen molar-refractivity contribution in [1.82, 2.24) is 5.32 Å². The van der Waals surface area contributed by atoms with Crippen molar-refractivity contribution < 1.29 is 17.6 Å². The first-order valence-corrected chi connectivity index (χ1v) is 9.06. The SMILES string of the molecule is Cc1ccc(CNC(=O)Nc2ccc(S(C)(=O)=O)c(F)c2)s1. The average Bonchev–Trinajstić information content (AvgIpc) is 2.81. The maximum atomic E-state index is 13.7. The Hall–Kier alpha value is -1.93. The molecule has 1 aromatic heterocycles. The third-order valence-corrected chi connectivity index (χ3v) is 4.94. The molecule has 0 spiro atoms. The van der Waals surface area contributed by atoms with Crippen LogP contribution in [-0.2, 0) is 16.4 Å². The number of carbonyl (C=O) groups is 1. The minimum absolute atomic E-state index is 0.185. The fourth-order valence-electron chi connectivity index (χ4n) is 1.80. The Labute approximate surface area is 132 Å². The fourth-order valence-corrected chi connectivity index (χ4v) is 3.36. The van der Waals surface area contributed by atoms with Gasteiger partial charge in [-0.3, -0.25) is 0 Å². The number of sulfone groups is 1. The summed E-state index contributed by atoms with van der Waals surface area (Å²) in [4.78, 5) is 13.5. The summed E-state index contributed by atoms with van der Waals surface area (Å²) in [5.41, 5.74) is 0.185. The van der Waals surface area contributed by atoms with E-state index in [0.717, 1.165) is 28.1 Å². The standard InChI is InChI=1S/C14H15FN2O3S2/c1-9-3-5-11(21-9)8-16-14(18)17-10-4-6-13(12(15)7-10)22(2,19)20/h3-7H,8H2,1-2H3,(H2,16,17,18). The van der Waals surface area contributed by atoms with Crippen molar-refractivity contribution in [3.63, 3.8) is 0 Å². The van der Waals surface area contributed by atoms with E-state index in [-0.39, 0.29) is 5.69 Å². The van der Waals surface area contributed by atoms with E-state index in [1.165, 1.54) is 6.07 Å². The molecule has 0 saturated heterocycles. The molecule has 2 rings (SSSR count). The van der Waals surface area contributed by atoms with Crippen LogP contribution in [0.5, 0.6) is 0 Å². The summed E-state index contributed by atoms with van der Waals surface area (Å²) in [6.45, 7) is 2.34. The van der Waals surface area contributed by atoms with Crippen molar-refractivity contribution in [2.75, 3.05) is 11.6 Å². The van der Waals surface area contributed by atoms with Crippen LogP contribution in [0.4, 0.5) is 14.9 Å². The number of hydrogen-bond donors (Lipinski definition) is 2. The van der Waals surface area contributed by atoms with Gasteiger partial charge >= 0.3 is 6.03 Å². The molecular weight excluding hydrogens is 327 g/mol. The highest BCUT2D eigenvalue weighted by atomic mass is 32.2. The van der Waals surface area contributed by atoms with Crippen molar-refractivity contribution >= 4 is 32.9 Å². The van der Waals surface area contributed by atoms with Crippen LogP contribution in [0.1, 0.15) is 9.75 Å². The number of amides is 2. The van der Waals surface area contributed by atoms with E-state index >= 15 is 0 Å². The van der Waals surface area contributed by atoms with Gasteiger partial charge in [0.25, 0.3) is 0 Å². The molecule has 22 heavy (non-hydrogen) atoms. The highest BCUT2D eigenvalue weighted by Gasteiger charge is 2.14. The fraction of sp³-hybridized carbons (Fsp3) is 0.214. The largest absolute Gasteiger partial charge is 0.333 e. The Bertz CT molecular complexity index is 800. The van der Waals surface area contributed by atoms with Crippen LogP contribution >= 0.6 is 11.3 Å². The third kappa shape index (κ3) is 4.28. The van der Waals surface area contributed by atoms with Gasteiger partial charge in [-0.1, -0.05) is 0 Å². The summed E-state index contributed by atoms with van der Waals surface area (Å²) in [6, 6.07) is 6.83. The third-order valence-electron chi connectivity index (χ3n) is 2.81. The van der Waals surface area contributed by atoms with Crippen molar-refractivity contribution in [2.45, 2.75) is 18.4 Å². The van der Waals surface area contributed by atoms with E-state index in [1.54, 1.807) is 11.3 Å². The first-order chi connectivity index (χ1) is 10.3. The number of carbonyl (C=O) groups excluding carboxylic acids is 1. The molecule has 0 aliphatic rings. The average molecular weight is 342 g/mol. The quantitative estimate of drug-likeness (QED) is 0.897. The predicted molar refractivity (Wildman–Crippen MR) is 84.4 cm³/mol. The maximum absolute atomic E-state index is 13.7. The molecule has 0 fully saturated rings. The topological polar surface area (TPSA) is 75.3 Å². The van der Waals surface area contributed by atoms with Crippen LogP contribution in [0.3, 0.4) is 0 Å². The Morgan fingerprint density at radius 3 is 2.55 bits per heavy atom. The highest BCUT2D eigenvalue weighted by Crippen LogP contribution is 2.19. The lowest BCUT2D eigenvalue weighted by atomic mass is 10.3. The van der Waals surface area contributed by atoms with Crippen LogP contribution in [0.25, 0.3) is 0 Å². The number of hydrogen-bond acceptors (Lipinski definition) is 4. The Morgan fingerprint density at radius 1 is 1.27 bits per heavy atom. The molecule has 8 heteroatoms. The molecule has 0 unspecified atom stereocenters. The van der Waals surface area contributed by atoms with Crippen LogP contribution in [0.2, 0.25) is 0 Å². The molecule has 0 saturated carbocycles. The molecule has 2 aromatic rings. The lowest BCUT2D eigenvalue weighted by molar-refractivity contribution is 0.252. The van der Waals surface area contributed by atoms with Gasteiger partial charge in [-0.15, -0.1) is 11.3 Å². The zero-order chi connectivity index (χ0) is 16.3. The Kier molecular flexibility index (Phi) is 4.82. The van der Waals surface area contributed by atoms with Crippen LogP contribution < -0.4 is 10.6 Å². The van der Waals surface area contributed by atoms with Gasteiger partial charge in [0.1, 0.15) is 10.7 Å². The molecule has 0 aliphatic carbocycles. The van der Waals surface area contributed by atoms with Gasteiger partial charge < -0.3 is 10.6 Å². The number of aryl methyl sites for hydroxylation is 1. The zero-order valence-electron chi connectivity index (χ0n) is 12.0. The summed E-state index contributed by atoms with van der Waals surface area (Å²) < 4.78 is 36.3. The molecule has 2 N–H and O–H groups in total. The molecule has 0 bridgehead atoms. The number of benzene rings is 1. The predicted octanol–water partition coefficient (Wildman–Crippen LogP) is 2.92. The normalized spacial score (nSPS) is 11.2. The Morgan fingerprint density at radius 2 is 2.00 bits per heavy atom. The summed E-state index contributed by atoms with van der Waals surface area (Å²) in [5, 5.41) is 5.10. The van der Waals surface area contributed by atoms with E-state index < -0.39 is 26.6 Å². The first kappa shape index (κ1) is 16.4. The minimum atomic E-state index is -3.62. The number of thiophene rings is 1. The van der Waals surface area contributed by atoms with E-state index in [1.807, 2.05) is 19.1 Å². The van der Waals surface area contributed by atoms with Crippen LogP contribution in [0.15, 0.2) is 35.2 Å². The van der Waals surface area contributed by atoms with Crippen molar-refractivity contribution in [3.05, 3.63) is 45.9 Å². The number of anilines is 1. The van der Waals surface area contributed by atoms with Gasteiger partial charge in [0.05, 0.1) is 6.54 Å². The number of halogens is 1. The van der Waals surface area contributed by atoms with Crippen molar-refractivity contribution in [3.8, 4) is 0 Å². The zero-order valence-corrected chi connectivity index (χ0v) is 13.6. The molecule has 118 valence electrons. The van der Waals surface area contributed by atoms with Crippen LogP contribution in [-0.4, -0.2) is 20.7 Å². The minimum Gasteiger partial charge on any atom is -0.333 e. The van der Waals surface area contributed by atoms with E-state index in [9.17, 15) is 17.6 Å². The van der Waals surface area contributed by atoms with E-state index in [2.05, 4.69) is 10.6 Å². The van der Waals surface area contributed by atoms with Gasteiger partial charge in [-0.25, -0.2) is 17.6 Å². The van der Waals surface area contributed by atoms with Crippen LogP contribution in [0, 0.1) is 12.7 Å². The van der Waals surface area contributed by atoms with Gasteiger partial charge in [0.15, 0.2) is 9.84 Å². The van der Waals surface area contributed by atoms with E-state index in [4.69, 9.17) is 0 Å². The smallest absolute Gasteiger partial charge is 0.319 e. The second-order valence-corrected chi connectivity index (χ2v) is 8.09. The number of rotatable bonds is 4. The molecule has 1 aromatic carbocycles. The lowest BCUT2D eigenvalue weighted by Crippen LogP contribution is -2.27. The summed E-state index contributed by atoms with van der Waals surface area (Å²) in [5.74, 6) is -0.894. The van der Waals surface area contributed by atoms with E-state index in [0.29, 0.717) is 6.54 Å². The highest BCUT2D eigenvalue weighted by molar-refractivity contribution is 7.90. The maximum Gasteiger partial charge on any atom is 0.319 e. The van der Waals surface area contributed by atoms with Crippen molar-refractivity contribution in [2.24, 2.45) is 0 Å². The molecule has 0 radical (unpaired) electrons. The Balaban J connectivity index is 1.98. The second kappa shape index (κ2) is 6.45. The second-order valence-electron chi connectivity index (χ2n) is 4.74. The molecule has 2 amide bonds. The molecule has 1 heterocycles. The number of urea groups is 1. The summed E-state index contributed by atoms with van der Waals surface area (Å²) in [7, 11) is -3.62. The molecular formula is C14H15FN2O3S2. The van der Waals surface area contributed by atoms with Crippen molar-refractivity contribution in [1.29, 1.82) is 0 Å². The molecule has 0 atom stereocenters. The van der Waals surface area contributed by atoms with Gasteiger partial charge in [-0.2, -0.15) is 0 Å². The first-order valence-electron chi connectivity index (χ1n) is 6.35. The number of nitrogens with one attached hydrogen (secondary N) is 2.